The van der Waals surface area contributed by atoms with Crippen LogP contribution in [-0.2, 0) is 17.8 Å². The number of rotatable bonds is 11. The summed E-state index contributed by atoms with van der Waals surface area (Å²) < 4.78 is 33.8. The molecule has 4 rings (SSSR count). The number of imidazole rings is 1. The van der Waals surface area contributed by atoms with Crippen LogP contribution in [0.2, 0.25) is 0 Å². The number of ether oxygens (including phenoxy) is 3. The average Bonchev–Trinajstić information content (AvgIpc) is 3.18. The molecular weight excluding hydrogens is 445 g/mol. The van der Waals surface area contributed by atoms with Gasteiger partial charge in [-0.25, -0.2) is 9.37 Å². The molecule has 1 saturated heterocycles. The zero-order chi connectivity index (χ0) is 24.5. The third-order valence-electron chi connectivity index (χ3n) is 6.82. The maximum absolute atomic E-state index is 14.0. The summed E-state index contributed by atoms with van der Waals surface area (Å²) in [6.45, 7) is 6.74. The van der Waals surface area contributed by atoms with E-state index in [2.05, 4.69) is 38.7 Å². The van der Waals surface area contributed by atoms with Gasteiger partial charge >= 0.3 is 0 Å². The third-order valence-corrected chi connectivity index (χ3v) is 6.82. The fraction of sp³-hybridized carbons (Fsp3) is 0.464. The first-order valence-corrected chi connectivity index (χ1v) is 12.4. The van der Waals surface area contributed by atoms with E-state index in [4.69, 9.17) is 14.2 Å². The Hall–Kier alpha value is -2.90. The van der Waals surface area contributed by atoms with Crippen molar-refractivity contribution in [3.8, 4) is 11.5 Å². The van der Waals surface area contributed by atoms with Gasteiger partial charge in [-0.05, 0) is 69.0 Å². The summed E-state index contributed by atoms with van der Waals surface area (Å²) in [4.78, 5) is 6.70. The van der Waals surface area contributed by atoms with Crippen LogP contribution in [0.3, 0.4) is 0 Å². The summed E-state index contributed by atoms with van der Waals surface area (Å²) in [5.41, 5.74) is 0.864. The SMILES string of the molecule is CO[C@]1(COc2ccccc2F)CCCN(Cc2ccc(OCCCn3ccnc3C)cc2)CC1. The van der Waals surface area contributed by atoms with Crippen LogP contribution >= 0.6 is 0 Å². The quantitative estimate of drug-likeness (QED) is 0.350. The predicted molar refractivity (Wildman–Crippen MR) is 134 cm³/mol. The maximum Gasteiger partial charge on any atom is 0.165 e. The van der Waals surface area contributed by atoms with Crippen molar-refractivity contribution >= 4 is 0 Å². The van der Waals surface area contributed by atoms with E-state index in [1.165, 1.54) is 11.6 Å². The fourth-order valence-electron chi connectivity index (χ4n) is 4.57. The van der Waals surface area contributed by atoms with Crippen molar-refractivity contribution in [2.75, 3.05) is 33.4 Å². The van der Waals surface area contributed by atoms with E-state index in [0.29, 0.717) is 13.2 Å². The van der Waals surface area contributed by atoms with Crippen molar-refractivity contribution in [2.24, 2.45) is 0 Å². The van der Waals surface area contributed by atoms with Gasteiger partial charge in [-0.3, -0.25) is 4.90 Å². The number of aryl methyl sites for hydroxylation is 2. The molecule has 7 heteroatoms. The van der Waals surface area contributed by atoms with Gasteiger partial charge in [-0.1, -0.05) is 24.3 Å². The molecule has 1 fully saturated rings. The Morgan fingerprint density at radius 3 is 2.60 bits per heavy atom. The van der Waals surface area contributed by atoms with E-state index in [0.717, 1.165) is 63.4 Å². The van der Waals surface area contributed by atoms with Crippen molar-refractivity contribution < 1.29 is 18.6 Å². The smallest absolute Gasteiger partial charge is 0.165 e. The zero-order valence-electron chi connectivity index (χ0n) is 20.8. The van der Waals surface area contributed by atoms with Crippen LogP contribution in [-0.4, -0.2) is 53.5 Å². The lowest BCUT2D eigenvalue weighted by Gasteiger charge is -2.31. The van der Waals surface area contributed by atoms with Crippen molar-refractivity contribution in [1.29, 1.82) is 0 Å². The number of benzene rings is 2. The molecule has 1 aromatic heterocycles. The minimum atomic E-state index is -0.399. The minimum absolute atomic E-state index is 0.282. The molecular formula is C28H36FN3O3. The van der Waals surface area contributed by atoms with Crippen molar-refractivity contribution in [2.45, 2.75) is 51.3 Å². The summed E-state index contributed by atoms with van der Waals surface area (Å²) in [6.07, 6.45) is 7.50. The summed E-state index contributed by atoms with van der Waals surface area (Å²) in [5, 5.41) is 0. The Bertz CT molecular complexity index is 1060. The second-order valence-corrected chi connectivity index (χ2v) is 9.25. The van der Waals surface area contributed by atoms with Crippen LogP contribution < -0.4 is 9.47 Å². The van der Waals surface area contributed by atoms with Gasteiger partial charge in [-0.15, -0.1) is 0 Å². The Balaban J connectivity index is 1.22. The van der Waals surface area contributed by atoms with E-state index in [1.54, 1.807) is 25.3 Å². The highest BCUT2D eigenvalue weighted by Gasteiger charge is 2.34. The molecule has 0 saturated carbocycles. The first-order valence-electron chi connectivity index (χ1n) is 12.4. The second-order valence-electron chi connectivity index (χ2n) is 9.25. The first-order chi connectivity index (χ1) is 17.1. The largest absolute Gasteiger partial charge is 0.494 e. The first kappa shape index (κ1) is 25.2. The molecule has 2 aromatic carbocycles. The van der Waals surface area contributed by atoms with Gasteiger partial charge in [0.05, 0.1) is 6.61 Å². The molecule has 1 aliphatic rings. The van der Waals surface area contributed by atoms with Crippen LogP contribution in [0.25, 0.3) is 0 Å². The molecule has 0 unspecified atom stereocenters. The highest BCUT2D eigenvalue weighted by molar-refractivity contribution is 5.27. The molecule has 188 valence electrons. The predicted octanol–water partition coefficient (Wildman–Crippen LogP) is 5.25. The van der Waals surface area contributed by atoms with E-state index in [9.17, 15) is 4.39 Å². The van der Waals surface area contributed by atoms with Crippen molar-refractivity contribution in [3.05, 3.63) is 78.1 Å². The lowest BCUT2D eigenvalue weighted by molar-refractivity contribution is -0.0548. The van der Waals surface area contributed by atoms with Gasteiger partial charge in [0.15, 0.2) is 11.6 Å². The molecule has 35 heavy (non-hydrogen) atoms. The monoisotopic (exact) mass is 481 g/mol. The number of nitrogens with zero attached hydrogens (tertiary/aromatic N) is 3. The third kappa shape index (κ3) is 7.05. The Morgan fingerprint density at radius 2 is 1.86 bits per heavy atom. The molecule has 0 amide bonds. The molecule has 0 spiro atoms. The number of hydrogen-bond donors (Lipinski definition) is 0. The lowest BCUT2D eigenvalue weighted by Crippen LogP contribution is -2.39. The van der Waals surface area contributed by atoms with Gasteiger partial charge < -0.3 is 18.8 Å². The number of likely N-dealkylation sites (tertiary alicyclic amines) is 1. The Morgan fingerprint density at radius 1 is 1.03 bits per heavy atom. The van der Waals surface area contributed by atoms with E-state index < -0.39 is 5.60 Å². The van der Waals surface area contributed by atoms with Gasteiger partial charge in [0.1, 0.15) is 23.8 Å². The normalized spacial score (nSPS) is 18.8. The van der Waals surface area contributed by atoms with Crippen LogP contribution in [0.5, 0.6) is 11.5 Å². The van der Waals surface area contributed by atoms with Gasteiger partial charge in [0.25, 0.3) is 0 Å². The topological polar surface area (TPSA) is 48.8 Å². The number of aromatic nitrogens is 2. The molecule has 0 N–H and O–H groups in total. The summed E-state index contributed by atoms with van der Waals surface area (Å²) in [5.74, 6) is 1.87. The Labute approximate surface area is 207 Å². The molecule has 3 aromatic rings. The molecule has 6 nitrogen and oxygen atoms in total. The zero-order valence-corrected chi connectivity index (χ0v) is 20.8. The summed E-state index contributed by atoms with van der Waals surface area (Å²) in [6, 6.07) is 14.9. The van der Waals surface area contributed by atoms with Gasteiger partial charge in [-0.2, -0.15) is 0 Å². The van der Waals surface area contributed by atoms with Crippen LogP contribution in [0.4, 0.5) is 4.39 Å². The van der Waals surface area contributed by atoms with E-state index in [-0.39, 0.29) is 11.6 Å². The standard InChI is InChI=1S/C28H36FN3O3/c1-23-30-15-19-32(23)17-6-20-34-25-11-9-24(10-12-25)21-31-16-5-13-28(33-2,14-18-31)22-35-27-8-4-3-7-26(27)29/h3-4,7-12,15,19H,5-6,13-14,16-18,20-22H2,1-2H3/t28-/m1/s1. The number of methoxy groups -OCH3 is 1. The van der Waals surface area contributed by atoms with Gasteiger partial charge in [0.2, 0.25) is 0 Å². The van der Waals surface area contributed by atoms with Gasteiger partial charge in [0, 0.05) is 39.1 Å². The number of para-hydroxylation sites is 1. The lowest BCUT2D eigenvalue weighted by atomic mass is 9.95. The number of halogens is 1. The second kappa shape index (κ2) is 12.2. The van der Waals surface area contributed by atoms with E-state index in [1.807, 2.05) is 19.3 Å². The van der Waals surface area contributed by atoms with Crippen LogP contribution in [0.15, 0.2) is 60.9 Å². The van der Waals surface area contributed by atoms with Crippen molar-refractivity contribution in [3.63, 3.8) is 0 Å². The molecule has 0 radical (unpaired) electrons. The molecule has 1 atom stereocenters. The van der Waals surface area contributed by atoms with Crippen molar-refractivity contribution in [1.82, 2.24) is 14.5 Å². The van der Waals surface area contributed by atoms with E-state index >= 15 is 0 Å². The molecule has 0 aliphatic carbocycles. The maximum atomic E-state index is 14.0. The fourth-order valence-corrected chi connectivity index (χ4v) is 4.57. The highest BCUT2D eigenvalue weighted by Crippen LogP contribution is 2.29. The highest BCUT2D eigenvalue weighted by atomic mass is 19.1. The molecule has 0 bridgehead atoms. The number of hydrogen-bond acceptors (Lipinski definition) is 5. The minimum Gasteiger partial charge on any atom is -0.494 e. The summed E-state index contributed by atoms with van der Waals surface area (Å²) in [7, 11) is 1.73. The average molecular weight is 482 g/mol. The molecule has 2 heterocycles. The molecule has 1 aliphatic heterocycles. The van der Waals surface area contributed by atoms with Crippen LogP contribution in [0, 0.1) is 12.7 Å². The van der Waals surface area contributed by atoms with Crippen LogP contribution in [0.1, 0.15) is 37.1 Å². The Kier molecular flexibility index (Phi) is 8.77. The summed E-state index contributed by atoms with van der Waals surface area (Å²) >= 11 is 0.